The zero-order chi connectivity index (χ0) is 14.6. The van der Waals surface area contributed by atoms with Crippen molar-refractivity contribution in [2.24, 2.45) is 4.99 Å². The molecule has 0 aliphatic rings. The molecule has 118 valence electrons. The minimum atomic E-state index is -0.242. The Kier molecular flexibility index (Phi) is 11.7. The third-order valence-corrected chi connectivity index (χ3v) is 2.71. The Hall–Kier alpha value is -1.31. The van der Waals surface area contributed by atoms with Gasteiger partial charge in [0.25, 0.3) is 0 Å². The third kappa shape index (κ3) is 9.28. The molecule has 0 heterocycles. The molecule has 0 unspecified atom stereocenters. The van der Waals surface area contributed by atoms with Crippen molar-refractivity contribution in [2.45, 2.75) is 19.8 Å². The van der Waals surface area contributed by atoms with Gasteiger partial charge in [0.1, 0.15) is 0 Å². The Morgan fingerprint density at radius 3 is 2.57 bits per heavy atom. The van der Waals surface area contributed by atoms with Crippen LogP contribution in [0.25, 0.3) is 0 Å². The van der Waals surface area contributed by atoms with Gasteiger partial charge < -0.3 is 15.4 Å². The van der Waals surface area contributed by atoms with Gasteiger partial charge in [-0.1, -0.05) is 30.3 Å². The first-order chi connectivity index (χ1) is 9.76. The Balaban J connectivity index is 0.00000400. The number of carbonyl (C=O) groups excluding carboxylic acids is 1. The number of carbonyl (C=O) groups is 1. The van der Waals surface area contributed by atoms with Gasteiger partial charge in [0.2, 0.25) is 0 Å². The van der Waals surface area contributed by atoms with Crippen LogP contribution in [0.1, 0.15) is 18.9 Å². The highest BCUT2D eigenvalue weighted by Gasteiger charge is 2.00. The molecule has 1 aromatic rings. The number of esters is 1. The lowest BCUT2D eigenvalue weighted by atomic mass is 10.1. The third-order valence-electron chi connectivity index (χ3n) is 2.71. The summed E-state index contributed by atoms with van der Waals surface area (Å²) in [7, 11) is 1.38. The molecule has 0 bridgehead atoms. The number of hydrogen-bond acceptors (Lipinski definition) is 3. The van der Waals surface area contributed by atoms with E-state index < -0.39 is 0 Å². The summed E-state index contributed by atoms with van der Waals surface area (Å²) >= 11 is 0. The summed E-state index contributed by atoms with van der Waals surface area (Å²) < 4.78 is 4.58. The molecular weight excluding hydrogens is 381 g/mol. The van der Waals surface area contributed by atoms with Crippen LogP contribution in [0.2, 0.25) is 0 Å². The summed E-state index contributed by atoms with van der Waals surface area (Å²) in [4.78, 5) is 15.3. The number of ether oxygens (including phenoxy) is 1. The van der Waals surface area contributed by atoms with Crippen molar-refractivity contribution in [1.29, 1.82) is 0 Å². The largest absolute Gasteiger partial charge is 0.469 e. The number of methoxy groups -OCH3 is 1. The SMILES string of the molecule is CCNC(=NCCC(=O)OC)NCCc1ccccc1.I. The summed E-state index contributed by atoms with van der Waals surface area (Å²) in [5.41, 5.74) is 1.28. The van der Waals surface area contributed by atoms with E-state index in [-0.39, 0.29) is 29.9 Å². The summed E-state index contributed by atoms with van der Waals surface area (Å²) in [6, 6.07) is 10.3. The van der Waals surface area contributed by atoms with Gasteiger partial charge in [-0.05, 0) is 18.9 Å². The topological polar surface area (TPSA) is 62.7 Å². The molecule has 0 spiro atoms. The fourth-order valence-electron chi connectivity index (χ4n) is 1.67. The lowest BCUT2D eigenvalue weighted by molar-refractivity contribution is -0.140. The molecule has 0 amide bonds. The quantitative estimate of drug-likeness (QED) is 0.315. The minimum absolute atomic E-state index is 0. The van der Waals surface area contributed by atoms with Gasteiger partial charge in [-0.2, -0.15) is 0 Å². The van der Waals surface area contributed by atoms with E-state index in [2.05, 4.69) is 32.5 Å². The Morgan fingerprint density at radius 1 is 1.24 bits per heavy atom. The number of halogens is 1. The standard InChI is InChI=1S/C15H23N3O2.HI/c1-3-16-15(18-12-10-14(19)20-2)17-11-9-13-7-5-4-6-8-13;/h4-8H,3,9-12H2,1-2H3,(H2,16,17,18);1H. The van der Waals surface area contributed by atoms with Gasteiger partial charge >= 0.3 is 5.97 Å². The molecule has 0 radical (unpaired) electrons. The lowest BCUT2D eigenvalue weighted by Gasteiger charge is -2.11. The van der Waals surface area contributed by atoms with Gasteiger partial charge in [0, 0.05) is 13.1 Å². The number of guanidine groups is 1. The Labute approximate surface area is 143 Å². The maximum Gasteiger partial charge on any atom is 0.307 e. The Bertz CT molecular complexity index is 424. The van der Waals surface area contributed by atoms with Gasteiger partial charge in [-0.3, -0.25) is 9.79 Å². The van der Waals surface area contributed by atoms with Crippen LogP contribution in [-0.2, 0) is 16.0 Å². The number of nitrogens with one attached hydrogen (secondary N) is 2. The van der Waals surface area contributed by atoms with Crippen LogP contribution in [0.4, 0.5) is 0 Å². The van der Waals surface area contributed by atoms with Crippen molar-refractivity contribution < 1.29 is 9.53 Å². The summed E-state index contributed by atoms with van der Waals surface area (Å²) in [6.07, 6.45) is 1.23. The van der Waals surface area contributed by atoms with E-state index in [1.54, 1.807) is 0 Å². The number of hydrogen-bond donors (Lipinski definition) is 2. The molecule has 0 atom stereocenters. The van der Waals surface area contributed by atoms with Crippen LogP contribution in [0.5, 0.6) is 0 Å². The molecule has 0 saturated heterocycles. The molecule has 1 aromatic carbocycles. The highest BCUT2D eigenvalue weighted by molar-refractivity contribution is 14.0. The summed E-state index contributed by atoms with van der Waals surface area (Å²) in [5.74, 6) is 0.487. The van der Waals surface area contributed by atoms with E-state index in [9.17, 15) is 4.79 Å². The van der Waals surface area contributed by atoms with Crippen molar-refractivity contribution in [1.82, 2.24) is 10.6 Å². The van der Waals surface area contributed by atoms with Crippen LogP contribution >= 0.6 is 24.0 Å². The second kappa shape index (κ2) is 12.4. The normalized spacial score (nSPS) is 10.5. The number of nitrogens with zero attached hydrogens (tertiary/aromatic N) is 1. The molecule has 2 N–H and O–H groups in total. The zero-order valence-electron chi connectivity index (χ0n) is 12.6. The molecule has 0 aliphatic carbocycles. The highest BCUT2D eigenvalue weighted by atomic mass is 127. The van der Waals surface area contributed by atoms with E-state index in [0.29, 0.717) is 13.0 Å². The molecule has 0 fully saturated rings. The smallest absolute Gasteiger partial charge is 0.307 e. The average molecular weight is 405 g/mol. The molecule has 0 aromatic heterocycles. The van der Waals surface area contributed by atoms with Gasteiger partial charge in [0.05, 0.1) is 20.1 Å². The first-order valence-corrected chi connectivity index (χ1v) is 6.89. The zero-order valence-corrected chi connectivity index (χ0v) is 14.9. The van der Waals surface area contributed by atoms with Gasteiger partial charge in [-0.15, -0.1) is 24.0 Å². The van der Waals surface area contributed by atoms with E-state index in [1.165, 1.54) is 12.7 Å². The van der Waals surface area contributed by atoms with Crippen molar-refractivity contribution in [3.05, 3.63) is 35.9 Å². The summed E-state index contributed by atoms with van der Waals surface area (Å²) in [6.45, 7) is 4.02. The minimum Gasteiger partial charge on any atom is -0.469 e. The fraction of sp³-hybridized carbons (Fsp3) is 0.467. The predicted octanol–water partition coefficient (Wildman–Crippen LogP) is 1.97. The van der Waals surface area contributed by atoms with Gasteiger partial charge in [-0.25, -0.2) is 0 Å². The molecule has 0 saturated carbocycles. The molecule has 5 nitrogen and oxygen atoms in total. The Morgan fingerprint density at radius 2 is 1.95 bits per heavy atom. The average Bonchev–Trinajstić information content (AvgIpc) is 2.48. The molecule has 0 aliphatic heterocycles. The maximum atomic E-state index is 11.0. The van der Waals surface area contributed by atoms with E-state index in [4.69, 9.17) is 0 Å². The summed E-state index contributed by atoms with van der Waals surface area (Å²) in [5, 5.41) is 6.40. The number of aliphatic imine (C=N–C) groups is 1. The first kappa shape index (κ1) is 19.7. The second-order valence-corrected chi connectivity index (χ2v) is 4.25. The predicted molar refractivity (Wildman–Crippen MR) is 96.2 cm³/mol. The van der Waals surface area contributed by atoms with Crippen molar-refractivity contribution >= 4 is 35.9 Å². The van der Waals surface area contributed by atoms with Crippen molar-refractivity contribution in [2.75, 3.05) is 26.7 Å². The molecular formula is C15H24IN3O2. The van der Waals surface area contributed by atoms with E-state index >= 15 is 0 Å². The number of benzene rings is 1. The van der Waals surface area contributed by atoms with Crippen molar-refractivity contribution in [3.8, 4) is 0 Å². The van der Waals surface area contributed by atoms with Crippen molar-refractivity contribution in [3.63, 3.8) is 0 Å². The maximum absolute atomic E-state index is 11.0. The lowest BCUT2D eigenvalue weighted by Crippen LogP contribution is -2.38. The molecule has 21 heavy (non-hydrogen) atoms. The monoisotopic (exact) mass is 405 g/mol. The van der Waals surface area contributed by atoms with Crippen LogP contribution in [0, 0.1) is 0 Å². The molecule has 6 heteroatoms. The highest BCUT2D eigenvalue weighted by Crippen LogP contribution is 1.98. The fourth-order valence-corrected chi connectivity index (χ4v) is 1.67. The van der Waals surface area contributed by atoms with Crippen LogP contribution in [0.15, 0.2) is 35.3 Å². The van der Waals surface area contributed by atoms with Crippen LogP contribution in [0.3, 0.4) is 0 Å². The number of rotatable bonds is 7. The first-order valence-electron chi connectivity index (χ1n) is 6.89. The second-order valence-electron chi connectivity index (χ2n) is 4.25. The van der Waals surface area contributed by atoms with E-state index in [0.717, 1.165) is 25.5 Å². The molecule has 1 rings (SSSR count). The van der Waals surface area contributed by atoms with Crippen LogP contribution < -0.4 is 10.6 Å². The van der Waals surface area contributed by atoms with Gasteiger partial charge in [0.15, 0.2) is 5.96 Å². The van der Waals surface area contributed by atoms with E-state index in [1.807, 2.05) is 25.1 Å². The van der Waals surface area contributed by atoms with Crippen LogP contribution in [-0.4, -0.2) is 38.7 Å².